The summed E-state index contributed by atoms with van der Waals surface area (Å²) in [7, 11) is 0. The molecule has 2 aromatic heterocycles. The molecule has 4 aromatic rings. The SMILES string of the molecule is Nc1ncnn2c([C@@H]3O[C@H](CCOCc4ccccc4)[C@@H](OCc4ccccc4)[C@H]3F)cnc12. The molecule has 5 rings (SSSR count). The minimum absolute atomic E-state index is 0.220. The lowest BCUT2D eigenvalue weighted by Gasteiger charge is -2.20. The Labute approximate surface area is 196 Å². The van der Waals surface area contributed by atoms with Crippen molar-refractivity contribution >= 4 is 11.5 Å². The number of aromatic nitrogens is 4. The molecule has 1 fully saturated rings. The third-order valence-electron chi connectivity index (χ3n) is 5.88. The minimum Gasteiger partial charge on any atom is -0.381 e. The molecular weight excluding hydrogens is 437 g/mol. The molecule has 0 radical (unpaired) electrons. The van der Waals surface area contributed by atoms with E-state index in [0.717, 1.165) is 11.1 Å². The third kappa shape index (κ3) is 4.77. The molecule has 3 heterocycles. The molecule has 0 spiro atoms. The Morgan fingerprint density at radius 2 is 1.68 bits per heavy atom. The van der Waals surface area contributed by atoms with E-state index in [-0.39, 0.29) is 12.4 Å². The van der Waals surface area contributed by atoms with Gasteiger partial charge >= 0.3 is 0 Å². The fraction of sp³-hybridized carbons (Fsp3) is 0.320. The molecule has 9 heteroatoms. The van der Waals surface area contributed by atoms with Crippen molar-refractivity contribution in [2.75, 3.05) is 12.3 Å². The second kappa shape index (κ2) is 10.3. The van der Waals surface area contributed by atoms with Gasteiger partial charge in [-0.1, -0.05) is 60.7 Å². The van der Waals surface area contributed by atoms with Crippen molar-refractivity contribution in [2.24, 2.45) is 0 Å². The van der Waals surface area contributed by atoms with E-state index in [2.05, 4.69) is 15.1 Å². The predicted molar refractivity (Wildman–Crippen MR) is 123 cm³/mol. The van der Waals surface area contributed by atoms with Crippen LogP contribution in [0.4, 0.5) is 10.2 Å². The molecule has 2 aromatic carbocycles. The zero-order valence-electron chi connectivity index (χ0n) is 18.5. The molecule has 0 saturated carbocycles. The number of alkyl halides is 1. The Bertz CT molecular complexity index is 1210. The van der Waals surface area contributed by atoms with Gasteiger partial charge in [0, 0.05) is 6.61 Å². The largest absolute Gasteiger partial charge is 0.381 e. The van der Waals surface area contributed by atoms with Gasteiger partial charge in [0.1, 0.15) is 18.5 Å². The van der Waals surface area contributed by atoms with Crippen molar-refractivity contribution in [1.82, 2.24) is 19.6 Å². The molecule has 0 unspecified atom stereocenters. The molecular formula is C25H26FN5O3. The van der Waals surface area contributed by atoms with Crippen LogP contribution < -0.4 is 5.73 Å². The number of halogens is 1. The van der Waals surface area contributed by atoms with Gasteiger partial charge in [0.25, 0.3) is 0 Å². The third-order valence-corrected chi connectivity index (χ3v) is 5.88. The molecule has 4 atom stereocenters. The van der Waals surface area contributed by atoms with Gasteiger partial charge in [-0.2, -0.15) is 5.10 Å². The highest BCUT2D eigenvalue weighted by molar-refractivity contribution is 5.58. The van der Waals surface area contributed by atoms with Crippen LogP contribution in [-0.4, -0.2) is 44.6 Å². The van der Waals surface area contributed by atoms with Crippen molar-refractivity contribution in [3.05, 3.63) is 90.0 Å². The number of ether oxygens (including phenoxy) is 3. The Kier molecular flexibility index (Phi) is 6.75. The van der Waals surface area contributed by atoms with Gasteiger partial charge in [-0.15, -0.1) is 0 Å². The number of benzene rings is 2. The quantitative estimate of drug-likeness (QED) is 0.378. The molecule has 0 aliphatic carbocycles. The molecule has 8 nitrogen and oxygen atoms in total. The van der Waals surface area contributed by atoms with Crippen LogP contribution in [0.2, 0.25) is 0 Å². The first-order valence-electron chi connectivity index (χ1n) is 11.2. The van der Waals surface area contributed by atoms with Crippen LogP contribution in [0.15, 0.2) is 73.2 Å². The maximum absolute atomic E-state index is 15.8. The van der Waals surface area contributed by atoms with Crippen molar-refractivity contribution in [3.8, 4) is 0 Å². The standard InChI is InChI=1S/C25H26FN5O3/c26-21-22(19-13-28-25-24(27)29-16-30-31(19)25)34-20(11-12-32-14-17-7-3-1-4-8-17)23(21)33-15-18-9-5-2-6-10-18/h1-10,13,16,20-23H,11-12,14-15H2,(H2,27,29,30)/t20-,21+,22+,23-/m1/s1. The van der Waals surface area contributed by atoms with E-state index in [4.69, 9.17) is 19.9 Å². The Balaban J connectivity index is 1.30. The number of anilines is 1. The first-order chi connectivity index (χ1) is 16.7. The van der Waals surface area contributed by atoms with E-state index in [1.54, 1.807) is 0 Å². The topological polar surface area (TPSA) is 96.8 Å². The molecule has 2 N–H and O–H groups in total. The van der Waals surface area contributed by atoms with E-state index in [0.29, 0.717) is 31.0 Å². The molecule has 0 amide bonds. The van der Waals surface area contributed by atoms with Gasteiger partial charge < -0.3 is 19.9 Å². The Morgan fingerprint density at radius 1 is 0.971 bits per heavy atom. The maximum Gasteiger partial charge on any atom is 0.196 e. The zero-order valence-corrected chi connectivity index (χ0v) is 18.5. The number of nitrogens with zero attached hydrogens (tertiary/aromatic N) is 4. The Morgan fingerprint density at radius 3 is 2.41 bits per heavy atom. The molecule has 1 aliphatic rings. The van der Waals surface area contributed by atoms with E-state index >= 15 is 4.39 Å². The highest BCUT2D eigenvalue weighted by atomic mass is 19.1. The summed E-state index contributed by atoms with van der Waals surface area (Å²) in [6, 6.07) is 19.6. The van der Waals surface area contributed by atoms with Crippen LogP contribution >= 0.6 is 0 Å². The summed E-state index contributed by atoms with van der Waals surface area (Å²) in [4.78, 5) is 8.19. The lowest BCUT2D eigenvalue weighted by atomic mass is 10.1. The summed E-state index contributed by atoms with van der Waals surface area (Å²) in [5.74, 6) is 0.220. The van der Waals surface area contributed by atoms with Crippen LogP contribution in [0, 0.1) is 0 Å². The Hall–Kier alpha value is -3.40. The average Bonchev–Trinajstić information content (AvgIpc) is 3.43. The smallest absolute Gasteiger partial charge is 0.196 e. The number of hydrogen-bond donors (Lipinski definition) is 1. The van der Waals surface area contributed by atoms with Gasteiger partial charge in [-0.05, 0) is 17.5 Å². The number of nitrogens with two attached hydrogens (primary N) is 1. The van der Waals surface area contributed by atoms with Crippen LogP contribution in [-0.2, 0) is 27.4 Å². The number of rotatable bonds is 9. The summed E-state index contributed by atoms with van der Waals surface area (Å²) < 4.78 is 35.3. The number of hydrogen-bond acceptors (Lipinski definition) is 7. The molecule has 0 bridgehead atoms. The van der Waals surface area contributed by atoms with Crippen LogP contribution in [0.25, 0.3) is 5.65 Å². The first-order valence-corrected chi connectivity index (χ1v) is 11.2. The average molecular weight is 464 g/mol. The zero-order chi connectivity index (χ0) is 23.3. The number of nitrogen functional groups attached to an aromatic ring is 1. The number of fused-ring (bicyclic) bond motifs is 1. The second-order valence-corrected chi connectivity index (χ2v) is 8.19. The van der Waals surface area contributed by atoms with E-state index in [9.17, 15) is 0 Å². The van der Waals surface area contributed by atoms with Crippen LogP contribution in [0.1, 0.15) is 29.3 Å². The number of imidazole rings is 1. The van der Waals surface area contributed by atoms with Crippen molar-refractivity contribution in [2.45, 2.75) is 44.1 Å². The minimum atomic E-state index is -1.42. The van der Waals surface area contributed by atoms with Crippen molar-refractivity contribution in [3.63, 3.8) is 0 Å². The van der Waals surface area contributed by atoms with Gasteiger partial charge in [-0.3, -0.25) is 0 Å². The van der Waals surface area contributed by atoms with Gasteiger partial charge in [0.15, 0.2) is 17.6 Å². The summed E-state index contributed by atoms with van der Waals surface area (Å²) in [5.41, 5.74) is 8.77. The van der Waals surface area contributed by atoms with Crippen molar-refractivity contribution < 1.29 is 18.6 Å². The highest BCUT2D eigenvalue weighted by Crippen LogP contribution is 2.39. The predicted octanol–water partition coefficient (Wildman–Crippen LogP) is 3.68. The first kappa shape index (κ1) is 22.4. The summed E-state index contributed by atoms with van der Waals surface area (Å²) in [6.45, 7) is 1.17. The summed E-state index contributed by atoms with van der Waals surface area (Å²) in [5, 5.41) is 4.18. The molecule has 34 heavy (non-hydrogen) atoms. The fourth-order valence-electron chi connectivity index (χ4n) is 4.16. The second-order valence-electron chi connectivity index (χ2n) is 8.19. The van der Waals surface area contributed by atoms with Crippen LogP contribution in [0.5, 0.6) is 0 Å². The van der Waals surface area contributed by atoms with Gasteiger partial charge in [0.2, 0.25) is 0 Å². The molecule has 1 saturated heterocycles. The molecule has 1 aliphatic heterocycles. The lowest BCUT2D eigenvalue weighted by molar-refractivity contribution is -0.0491. The highest BCUT2D eigenvalue weighted by Gasteiger charge is 2.47. The van der Waals surface area contributed by atoms with Gasteiger partial charge in [0.05, 0.1) is 31.2 Å². The van der Waals surface area contributed by atoms with Gasteiger partial charge in [-0.25, -0.2) is 18.9 Å². The van der Waals surface area contributed by atoms with E-state index in [1.807, 2.05) is 60.7 Å². The molecule has 176 valence electrons. The summed E-state index contributed by atoms with van der Waals surface area (Å²) in [6.07, 6.45) is -0.256. The van der Waals surface area contributed by atoms with Crippen LogP contribution in [0.3, 0.4) is 0 Å². The fourth-order valence-corrected chi connectivity index (χ4v) is 4.16. The van der Waals surface area contributed by atoms with E-state index < -0.39 is 24.5 Å². The normalized spacial score (nSPS) is 22.4. The lowest BCUT2D eigenvalue weighted by Crippen LogP contribution is -2.32. The summed E-state index contributed by atoms with van der Waals surface area (Å²) >= 11 is 0. The monoisotopic (exact) mass is 463 g/mol. The van der Waals surface area contributed by atoms with Crippen molar-refractivity contribution in [1.29, 1.82) is 0 Å². The van der Waals surface area contributed by atoms with E-state index in [1.165, 1.54) is 17.0 Å². The maximum atomic E-state index is 15.8.